The van der Waals surface area contributed by atoms with Gasteiger partial charge >= 0.3 is 231 Å². The zero-order valence-corrected chi connectivity index (χ0v) is 30.0. The van der Waals surface area contributed by atoms with E-state index in [9.17, 15) is 0 Å². The van der Waals surface area contributed by atoms with Gasteiger partial charge in [-0.15, -0.1) is 0 Å². The minimum atomic E-state index is -2.35. The minimum absolute atomic E-state index is 0. The second-order valence-electron chi connectivity index (χ2n) is 14.6. The van der Waals surface area contributed by atoms with Crippen molar-refractivity contribution in [2.45, 2.75) is 107 Å². The zero-order chi connectivity index (χ0) is 27.0. The molecule has 4 rings (SSSR count). The van der Waals surface area contributed by atoms with Crippen LogP contribution in [-0.2, 0) is 38.5 Å². The van der Waals surface area contributed by atoms with Gasteiger partial charge in [0.15, 0.2) is 0 Å². The van der Waals surface area contributed by atoms with E-state index in [4.69, 9.17) is 0 Å². The van der Waals surface area contributed by atoms with Gasteiger partial charge in [-0.1, -0.05) is 0 Å². The second kappa shape index (κ2) is 11.3. The van der Waals surface area contributed by atoms with Crippen LogP contribution in [-0.4, -0.2) is 3.21 Å². The van der Waals surface area contributed by atoms with Crippen LogP contribution in [0.2, 0.25) is 0 Å². The van der Waals surface area contributed by atoms with Crippen LogP contribution in [0.15, 0.2) is 50.8 Å². The summed E-state index contributed by atoms with van der Waals surface area (Å²) in [4.78, 5) is 0. The first-order valence-corrected chi connectivity index (χ1v) is 17.5. The molecule has 206 valence electrons. The summed E-state index contributed by atoms with van der Waals surface area (Å²) in [6.45, 7) is 31.2. The molecule has 0 saturated heterocycles. The van der Waals surface area contributed by atoms with Crippen molar-refractivity contribution in [2.24, 2.45) is 11.3 Å². The average molecular weight is 631 g/mol. The number of rotatable bonds is 2. The summed E-state index contributed by atoms with van der Waals surface area (Å²) in [5.41, 5.74) is 12.9. The van der Waals surface area contributed by atoms with E-state index < -0.39 is 21.3 Å². The molecule has 0 bridgehead atoms. The molecule has 2 aromatic carbocycles. The van der Waals surface area contributed by atoms with Gasteiger partial charge in [0.2, 0.25) is 0 Å². The van der Waals surface area contributed by atoms with Gasteiger partial charge in [-0.3, -0.25) is 0 Å². The molecule has 0 spiro atoms. The summed E-state index contributed by atoms with van der Waals surface area (Å²) in [6, 6.07) is 12.2. The molecule has 2 aliphatic carbocycles. The minimum Gasteiger partial charge on any atom is -1.00 e. The first-order chi connectivity index (χ1) is 16.4. The van der Waals surface area contributed by atoms with Crippen molar-refractivity contribution in [1.29, 1.82) is 0 Å². The first kappa shape index (κ1) is 33.5. The SMILES string of the molecule is CC1=[C]([Zr+2](=[C](C)C)[c]2c(C(C)(C)C)ccc3c2Cc2cc(C(C)(C)C)ccc2-3)C(C)C=C1C(C)(C)C.[Cl-].[Cl-]. The Morgan fingerprint density at radius 1 is 0.789 bits per heavy atom. The molecular weight excluding hydrogens is 583 g/mol. The summed E-state index contributed by atoms with van der Waals surface area (Å²) in [7, 11) is 0. The average Bonchev–Trinajstić information content (AvgIpc) is 3.24. The number of fused-ring (bicyclic) bond motifs is 3. The van der Waals surface area contributed by atoms with E-state index in [-0.39, 0.29) is 41.1 Å². The Balaban J connectivity index is 0.00000253. The molecular formula is C35H48Cl2Zr. The summed E-state index contributed by atoms with van der Waals surface area (Å²) >= 11 is -2.35. The number of halogens is 2. The van der Waals surface area contributed by atoms with Crippen molar-refractivity contribution in [1.82, 2.24) is 0 Å². The molecule has 0 heterocycles. The molecule has 0 aromatic heterocycles. The van der Waals surface area contributed by atoms with E-state index in [1.165, 1.54) is 22.3 Å². The van der Waals surface area contributed by atoms with Gasteiger partial charge in [-0.25, -0.2) is 0 Å². The van der Waals surface area contributed by atoms with Gasteiger partial charge in [0.05, 0.1) is 0 Å². The van der Waals surface area contributed by atoms with Gasteiger partial charge in [-0.05, 0) is 0 Å². The predicted octanol–water partition coefficient (Wildman–Crippen LogP) is 3.21. The number of hydrogen-bond acceptors (Lipinski definition) is 0. The van der Waals surface area contributed by atoms with Crippen molar-refractivity contribution in [3.63, 3.8) is 0 Å². The largest absolute Gasteiger partial charge is 1.00 e. The van der Waals surface area contributed by atoms with Crippen LogP contribution < -0.4 is 28.1 Å². The Morgan fingerprint density at radius 3 is 1.84 bits per heavy atom. The summed E-state index contributed by atoms with van der Waals surface area (Å²) < 4.78 is 5.29. The van der Waals surface area contributed by atoms with E-state index in [0.29, 0.717) is 5.92 Å². The van der Waals surface area contributed by atoms with E-state index in [0.717, 1.165) is 6.42 Å². The Morgan fingerprint density at radius 2 is 1.37 bits per heavy atom. The van der Waals surface area contributed by atoms with Crippen LogP contribution in [0.4, 0.5) is 0 Å². The second-order valence-corrected chi connectivity index (χ2v) is 21.5. The molecule has 2 aliphatic rings. The Hall–Kier alpha value is -0.747. The van der Waals surface area contributed by atoms with E-state index >= 15 is 0 Å². The maximum absolute atomic E-state index is 2.60. The fraction of sp³-hybridized carbons (Fsp3) is 0.514. The maximum Gasteiger partial charge on any atom is -1.00 e. The summed E-state index contributed by atoms with van der Waals surface area (Å²) in [5, 5.41) is 0. The third kappa shape index (κ3) is 5.97. The standard InChI is InChI=1S/C21H25.C11H17.C3H6.2ClH.Zr/c1-20(2,3)16-7-9-18-14(12-16)11-15-13-17(21(4,5)6)8-10-19(15)18;1-8-6-9(2)10(7-8)11(3,4)5;1-3-2;;;/h7-10,12H,11H2,1-6H3;7-8H,1-5H3;1-2H3;2*1H;/q;;;;;+2/p-2. The molecule has 0 aliphatic heterocycles. The Bertz CT molecular complexity index is 1330. The number of benzene rings is 2. The third-order valence-corrected chi connectivity index (χ3v) is 16.7. The topological polar surface area (TPSA) is 0 Å². The molecule has 0 fully saturated rings. The molecule has 3 heteroatoms. The van der Waals surface area contributed by atoms with Gasteiger partial charge in [-0.2, -0.15) is 0 Å². The molecule has 0 radical (unpaired) electrons. The van der Waals surface area contributed by atoms with Crippen LogP contribution in [0.1, 0.15) is 112 Å². The molecule has 0 amide bonds. The summed E-state index contributed by atoms with van der Waals surface area (Å²) in [5.74, 6) is 0.545. The van der Waals surface area contributed by atoms with E-state index in [2.05, 4.69) is 126 Å². The maximum atomic E-state index is 2.60. The van der Waals surface area contributed by atoms with E-state index in [1.54, 1.807) is 28.8 Å². The van der Waals surface area contributed by atoms with Gasteiger partial charge in [0, 0.05) is 0 Å². The van der Waals surface area contributed by atoms with Crippen LogP contribution in [0.25, 0.3) is 11.1 Å². The third-order valence-electron chi connectivity index (χ3n) is 8.26. The number of hydrogen-bond donors (Lipinski definition) is 0. The smallest absolute Gasteiger partial charge is 1.00 e. The predicted molar refractivity (Wildman–Crippen MR) is 157 cm³/mol. The van der Waals surface area contributed by atoms with Crippen molar-refractivity contribution in [2.75, 3.05) is 0 Å². The normalized spacial score (nSPS) is 16.6. The fourth-order valence-corrected chi connectivity index (χ4v) is 15.4. The molecule has 1 atom stereocenters. The molecule has 1 unspecified atom stereocenters. The van der Waals surface area contributed by atoms with Crippen LogP contribution in [0, 0.1) is 11.3 Å². The van der Waals surface area contributed by atoms with E-state index in [1.807, 2.05) is 3.28 Å². The Kier molecular flexibility index (Phi) is 9.92. The fourth-order valence-electron chi connectivity index (χ4n) is 6.48. The van der Waals surface area contributed by atoms with Gasteiger partial charge in [0.25, 0.3) is 0 Å². The molecule has 2 aromatic rings. The van der Waals surface area contributed by atoms with Crippen molar-refractivity contribution in [3.05, 3.63) is 73.1 Å². The first-order valence-electron chi connectivity index (χ1n) is 13.8. The monoisotopic (exact) mass is 628 g/mol. The zero-order valence-electron chi connectivity index (χ0n) is 26.0. The van der Waals surface area contributed by atoms with Gasteiger partial charge in [0.1, 0.15) is 0 Å². The molecule has 38 heavy (non-hydrogen) atoms. The number of allylic oxidation sites excluding steroid dienone is 4. The molecule has 0 saturated carbocycles. The van der Waals surface area contributed by atoms with Gasteiger partial charge < -0.3 is 24.8 Å². The van der Waals surface area contributed by atoms with Crippen LogP contribution in [0.5, 0.6) is 0 Å². The molecule has 0 nitrogen and oxygen atoms in total. The van der Waals surface area contributed by atoms with Crippen molar-refractivity contribution in [3.8, 4) is 11.1 Å². The molecule has 0 N–H and O–H groups in total. The van der Waals surface area contributed by atoms with Crippen LogP contribution >= 0.6 is 0 Å². The quantitative estimate of drug-likeness (QED) is 0.408. The Labute approximate surface area is 253 Å². The van der Waals surface area contributed by atoms with Crippen molar-refractivity contribution < 1.29 is 46.1 Å². The van der Waals surface area contributed by atoms with Crippen LogP contribution in [0.3, 0.4) is 0 Å². The summed E-state index contributed by atoms with van der Waals surface area (Å²) in [6.07, 6.45) is 3.68. The van der Waals surface area contributed by atoms with Crippen molar-refractivity contribution >= 4 is 6.48 Å².